The van der Waals surface area contributed by atoms with Crippen LogP contribution in [0.2, 0.25) is 0 Å². The van der Waals surface area contributed by atoms with Crippen molar-refractivity contribution in [2.45, 2.75) is 65.2 Å². The Morgan fingerprint density at radius 1 is 1.23 bits per heavy atom. The minimum atomic E-state index is -0.970. The lowest BCUT2D eigenvalue weighted by Gasteiger charge is -2.49. The third-order valence-corrected chi connectivity index (χ3v) is 5.72. The molecule has 0 saturated heterocycles. The fourth-order valence-corrected chi connectivity index (χ4v) is 5.24. The lowest BCUT2D eigenvalue weighted by atomic mass is 9.55. The molecule has 22 heavy (non-hydrogen) atoms. The molecule has 1 aromatic rings. The van der Waals surface area contributed by atoms with Crippen LogP contribution in [0.1, 0.15) is 69.9 Å². The van der Waals surface area contributed by atoms with E-state index >= 15 is 0 Å². The van der Waals surface area contributed by atoms with E-state index in [0.29, 0.717) is 11.3 Å². The van der Waals surface area contributed by atoms with Crippen LogP contribution in [-0.4, -0.2) is 11.2 Å². The number of hydrogen-bond acceptors (Lipinski definition) is 1. The molecule has 2 N–H and O–H groups in total. The molecule has 120 valence electrons. The first kappa shape index (κ1) is 15.4. The second kappa shape index (κ2) is 5.29. The molecule has 1 atom stereocenters. The van der Waals surface area contributed by atoms with Crippen molar-refractivity contribution in [1.82, 2.24) is 0 Å². The van der Waals surface area contributed by atoms with Gasteiger partial charge in [-0.05, 0) is 59.6 Å². The average Bonchev–Trinajstić information content (AvgIpc) is 2.85. The summed E-state index contributed by atoms with van der Waals surface area (Å²) in [5.74, 6) is 0.516. The van der Waals surface area contributed by atoms with Gasteiger partial charge in [0.1, 0.15) is 0 Å². The van der Waals surface area contributed by atoms with Gasteiger partial charge in [0.05, 0.1) is 0 Å². The van der Waals surface area contributed by atoms with Gasteiger partial charge in [0.15, 0.2) is 0 Å². The van der Waals surface area contributed by atoms with Crippen molar-refractivity contribution in [3.8, 4) is 0 Å². The van der Waals surface area contributed by atoms with Crippen LogP contribution in [0.4, 0.5) is 10.5 Å². The number of hydrogen-bond donors (Lipinski definition) is 2. The van der Waals surface area contributed by atoms with Crippen LogP contribution in [0.25, 0.3) is 0 Å². The smallest absolute Gasteiger partial charge is 0.409 e. The number of nitrogens with one attached hydrogen (secondary N) is 1. The topological polar surface area (TPSA) is 49.3 Å². The van der Waals surface area contributed by atoms with E-state index in [1.165, 1.54) is 43.2 Å². The minimum Gasteiger partial charge on any atom is -0.465 e. The zero-order chi connectivity index (χ0) is 16.0. The molecule has 3 rings (SSSR count). The van der Waals surface area contributed by atoms with E-state index in [-0.39, 0.29) is 5.41 Å². The highest BCUT2D eigenvalue weighted by atomic mass is 16.4. The maximum Gasteiger partial charge on any atom is 0.409 e. The Morgan fingerprint density at radius 3 is 2.50 bits per heavy atom. The van der Waals surface area contributed by atoms with Crippen LogP contribution in [0.3, 0.4) is 0 Å². The van der Waals surface area contributed by atoms with E-state index in [9.17, 15) is 4.79 Å². The van der Waals surface area contributed by atoms with Crippen molar-refractivity contribution in [1.29, 1.82) is 0 Å². The molecule has 2 aliphatic carbocycles. The van der Waals surface area contributed by atoms with Crippen LogP contribution in [0.5, 0.6) is 0 Å². The SMILES string of the molecule is CC(C)(C)C1c2cccc(NC(=O)O)c2CCC12CCCC2. The van der Waals surface area contributed by atoms with Crippen molar-refractivity contribution in [3.63, 3.8) is 0 Å². The molecule has 0 aromatic heterocycles. The third-order valence-electron chi connectivity index (χ3n) is 5.72. The highest BCUT2D eigenvalue weighted by Crippen LogP contribution is 2.61. The van der Waals surface area contributed by atoms with Crippen LogP contribution in [0, 0.1) is 10.8 Å². The molecule has 1 fully saturated rings. The van der Waals surface area contributed by atoms with Crippen LogP contribution < -0.4 is 5.32 Å². The number of anilines is 1. The molecule has 3 heteroatoms. The minimum absolute atomic E-state index is 0.196. The van der Waals surface area contributed by atoms with Gasteiger partial charge in [0, 0.05) is 5.69 Å². The second-order valence-electron chi connectivity index (χ2n) is 8.17. The van der Waals surface area contributed by atoms with Crippen molar-refractivity contribution in [3.05, 3.63) is 29.3 Å². The number of amides is 1. The fraction of sp³-hybridized carbons (Fsp3) is 0.632. The largest absolute Gasteiger partial charge is 0.465 e. The van der Waals surface area contributed by atoms with Crippen molar-refractivity contribution in [2.75, 3.05) is 5.32 Å². The molecular weight excluding hydrogens is 274 g/mol. The summed E-state index contributed by atoms with van der Waals surface area (Å²) in [7, 11) is 0. The number of rotatable bonds is 1. The molecule has 0 heterocycles. The summed E-state index contributed by atoms with van der Waals surface area (Å²) in [6, 6.07) is 6.15. The van der Waals surface area contributed by atoms with E-state index in [1.807, 2.05) is 12.1 Å². The highest BCUT2D eigenvalue weighted by molar-refractivity contribution is 5.84. The van der Waals surface area contributed by atoms with Gasteiger partial charge >= 0.3 is 6.09 Å². The van der Waals surface area contributed by atoms with Gasteiger partial charge in [-0.2, -0.15) is 0 Å². The van der Waals surface area contributed by atoms with Crippen molar-refractivity contribution < 1.29 is 9.90 Å². The number of carboxylic acid groups (broad SMARTS) is 1. The van der Waals surface area contributed by atoms with Crippen LogP contribution >= 0.6 is 0 Å². The summed E-state index contributed by atoms with van der Waals surface area (Å²) >= 11 is 0. The maximum absolute atomic E-state index is 11.1. The summed E-state index contributed by atoms with van der Waals surface area (Å²) in [6.45, 7) is 7.01. The quantitative estimate of drug-likeness (QED) is 0.728. The van der Waals surface area contributed by atoms with Gasteiger partial charge in [-0.15, -0.1) is 0 Å². The maximum atomic E-state index is 11.1. The highest BCUT2D eigenvalue weighted by Gasteiger charge is 2.49. The van der Waals surface area contributed by atoms with Gasteiger partial charge in [0.25, 0.3) is 0 Å². The van der Waals surface area contributed by atoms with Gasteiger partial charge in [-0.3, -0.25) is 5.32 Å². The average molecular weight is 301 g/mol. The molecule has 0 bridgehead atoms. The Kier molecular flexibility index (Phi) is 3.70. The molecule has 1 spiro atoms. The third kappa shape index (κ3) is 2.51. The van der Waals surface area contributed by atoms with Crippen LogP contribution in [0.15, 0.2) is 18.2 Å². The first-order valence-electron chi connectivity index (χ1n) is 8.45. The molecule has 2 aliphatic rings. The molecule has 1 aromatic carbocycles. The predicted octanol–water partition coefficient (Wildman–Crippen LogP) is 5.41. The Hall–Kier alpha value is -1.51. The first-order valence-corrected chi connectivity index (χ1v) is 8.45. The van der Waals surface area contributed by atoms with E-state index in [0.717, 1.165) is 12.1 Å². The van der Waals surface area contributed by atoms with Gasteiger partial charge < -0.3 is 5.11 Å². The zero-order valence-electron chi connectivity index (χ0n) is 13.9. The number of fused-ring (bicyclic) bond motifs is 1. The standard InChI is InChI=1S/C19H27NO2/c1-18(2,3)16-14-7-6-8-15(20-17(21)22)13(14)9-12-19(16)10-4-5-11-19/h6-8,16,20H,4-5,9-12H2,1-3H3,(H,21,22). The van der Waals surface area contributed by atoms with E-state index < -0.39 is 6.09 Å². The number of carbonyl (C=O) groups is 1. The zero-order valence-corrected chi connectivity index (χ0v) is 13.9. The lowest BCUT2D eigenvalue weighted by molar-refractivity contribution is 0.104. The monoisotopic (exact) mass is 301 g/mol. The van der Waals surface area contributed by atoms with E-state index in [4.69, 9.17) is 5.11 Å². The molecule has 3 nitrogen and oxygen atoms in total. The normalized spacial score (nSPS) is 23.3. The molecule has 1 saturated carbocycles. The fourth-order valence-electron chi connectivity index (χ4n) is 5.24. The first-order chi connectivity index (χ1) is 10.3. The summed E-state index contributed by atoms with van der Waals surface area (Å²) in [4.78, 5) is 11.1. The summed E-state index contributed by atoms with van der Waals surface area (Å²) < 4.78 is 0. The summed E-state index contributed by atoms with van der Waals surface area (Å²) in [6.07, 6.45) is 6.56. The summed E-state index contributed by atoms with van der Waals surface area (Å²) in [5, 5.41) is 11.7. The van der Waals surface area contributed by atoms with Crippen molar-refractivity contribution in [2.24, 2.45) is 10.8 Å². The van der Waals surface area contributed by atoms with Gasteiger partial charge in [0.2, 0.25) is 0 Å². The van der Waals surface area contributed by atoms with E-state index in [1.54, 1.807) is 0 Å². The lowest BCUT2D eigenvalue weighted by Crippen LogP contribution is -2.39. The van der Waals surface area contributed by atoms with Crippen molar-refractivity contribution >= 4 is 11.8 Å². The molecule has 0 aliphatic heterocycles. The second-order valence-corrected chi connectivity index (χ2v) is 8.17. The molecule has 0 radical (unpaired) electrons. The molecule has 1 amide bonds. The molecular formula is C19H27NO2. The Balaban J connectivity index is 2.10. The van der Waals surface area contributed by atoms with Crippen LogP contribution in [-0.2, 0) is 6.42 Å². The molecule has 1 unspecified atom stereocenters. The van der Waals surface area contributed by atoms with Gasteiger partial charge in [-0.25, -0.2) is 4.79 Å². The number of benzene rings is 1. The Bertz CT molecular complexity index is 580. The predicted molar refractivity (Wildman–Crippen MR) is 89.5 cm³/mol. The Morgan fingerprint density at radius 2 is 1.91 bits per heavy atom. The van der Waals surface area contributed by atoms with E-state index in [2.05, 4.69) is 32.2 Å². The van der Waals surface area contributed by atoms with Gasteiger partial charge in [-0.1, -0.05) is 45.7 Å². The Labute approximate surface area is 133 Å². The summed E-state index contributed by atoms with van der Waals surface area (Å²) in [5.41, 5.74) is 4.01.